The molecule has 0 heterocycles. The Bertz CT molecular complexity index is 274. The van der Waals surface area contributed by atoms with Crippen molar-refractivity contribution in [3.8, 4) is 0 Å². The molecule has 1 fully saturated rings. The topological polar surface area (TPSA) is 17.1 Å². The summed E-state index contributed by atoms with van der Waals surface area (Å²) >= 11 is 0. The first-order valence-electron chi connectivity index (χ1n) is 4.85. The second kappa shape index (κ2) is 3.49. The number of allylic oxidation sites excluding steroid dienone is 4. The second-order valence-corrected chi connectivity index (χ2v) is 4.68. The van der Waals surface area contributed by atoms with Crippen molar-refractivity contribution in [2.45, 2.75) is 40.5 Å². The molecule has 1 heteroatoms. The monoisotopic (exact) mass is 178 g/mol. The molecule has 0 spiro atoms. The van der Waals surface area contributed by atoms with Gasteiger partial charge in [0, 0.05) is 0 Å². The van der Waals surface area contributed by atoms with E-state index in [1.54, 1.807) is 0 Å². The molecule has 1 rings (SSSR count). The van der Waals surface area contributed by atoms with Crippen LogP contribution in [-0.4, -0.2) is 5.78 Å². The fourth-order valence-electron chi connectivity index (χ4n) is 1.64. The van der Waals surface area contributed by atoms with Gasteiger partial charge < -0.3 is 0 Å². The van der Waals surface area contributed by atoms with Crippen LogP contribution in [0, 0.1) is 5.41 Å². The van der Waals surface area contributed by atoms with Crippen molar-refractivity contribution in [3.05, 3.63) is 23.3 Å². The molecule has 72 valence electrons. The summed E-state index contributed by atoms with van der Waals surface area (Å²) in [4.78, 5) is 11.7. The summed E-state index contributed by atoms with van der Waals surface area (Å²) in [5.41, 5.74) is 2.10. The Balaban J connectivity index is 2.88. The molecule has 0 radical (unpaired) electrons. The molecule has 0 aliphatic heterocycles. The van der Waals surface area contributed by atoms with Gasteiger partial charge in [-0.3, -0.25) is 4.79 Å². The zero-order chi connectivity index (χ0) is 10.1. The van der Waals surface area contributed by atoms with E-state index in [0.717, 1.165) is 24.0 Å². The average Bonchev–Trinajstić information content (AvgIpc) is 2.30. The Labute approximate surface area is 80.5 Å². The van der Waals surface area contributed by atoms with Crippen molar-refractivity contribution < 1.29 is 4.79 Å². The van der Waals surface area contributed by atoms with Gasteiger partial charge in [-0.05, 0) is 36.3 Å². The van der Waals surface area contributed by atoms with Crippen molar-refractivity contribution in [3.63, 3.8) is 0 Å². The normalized spacial score (nSPS) is 24.8. The van der Waals surface area contributed by atoms with Gasteiger partial charge in [0.15, 0.2) is 5.78 Å². The maximum atomic E-state index is 11.7. The number of rotatable bonds is 0. The quantitative estimate of drug-likeness (QED) is 0.520. The number of carbonyl (C=O) groups is 1. The summed E-state index contributed by atoms with van der Waals surface area (Å²) < 4.78 is 0. The fraction of sp³-hybridized carbons (Fsp3) is 0.583. The van der Waals surface area contributed by atoms with E-state index >= 15 is 0 Å². The van der Waals surface area contributed by atoms with Crippen LogP contribution in [0.5, 0.6) is 0 Å². The highest BCUT2D eigenvalue weighted by Crippen LogP contribution is 2.29. The molecular weight excluding hydrogens is 160 g/mol. The summed E-state index contributed by atoms with van der Waals surface area (Å²) in [7, 11) is 0. The highest BCUT2D eigenvalue weighted by Gasteiger charge is 2.23. The Morgan fingerprint density at radius 3 is 2.08 bits per heavy atom. The molecule has 0 unspecified atom stereocenters. The predicted molar refractivity (Wildman–Crippen MR) is 55.5 cm³/mol. The van der Waals surface area contributed by atoms with Crippen LogP contribution in [0.25, 0.3) is 0 Å². The number of hydrogen-bond acceptors (Lipinski definition) is 1. The van der Waals surface area contributed by atoms with Crippen LogP contribution < -0.4 is 0 Å². The Morgan fingerprint density at radius 2 is 1.69 bits per heavy atom. The van der Waals surface area contributed by atoms with Crippen LogP contribution in [0.15, 0.2) is 23.3 Å². The maximum absolute atomic E-state index is 11.7. The molecule has 1 aliphatic rings. The predicted octanol–water partition coefficient (Wildman–Crippen LogP) is 3.27. The van der Waals surface area contributed by atoms with Crippen LogP contribution in [0.1, 0.15) is 40.5 Å². The van der Waals surface area contributed by atoms with Crippen molar-refractivity contribution in [1.82, 2.24) is 0 Å². The molecule has 0 atom stereocenters. The Morgan fingerprint density at radius 1 is 1.15 bits per heavy atom. The molecule has 0 saturated heterocycles. The highest BCUT2D eigenvalue weighted by atomic mass is 16.1. The lowest BCUT2D eigenvalue weighted by Crippen LogP contribution is -2.04. The van der Waals surface area contributed by atoms with E-state index in [1.807, 2.05) is 13.0 Å². The van der Waals surface area contributed by atoms with Crippen LogP contribution in [-0.2, 0) is 4.79 Å². The van der Waals surface area contributed by atoms with E-state index < -0.39 is 0 Å². The van der Waals surface area contributed by atoms with Crippen LogP contribution in [0.3, 0.4) is 0 Å². The number of Topliss-reactive ketones (excluding diaryl/α,β-unsaturated/α-hetero) is 1. The zero-order valence-electron chi connectivity index (χ0n) is 8.98. The molecule has 0 aromatic rings. The van der Waals surface area contributed by atoms with Crippen molar-refractivity contribution in [2.24, 2.45) is 5.41 Å². The van der Waals surface area contributed by atoms with Gasteiger partial charge >= 0.3 is 0 Å². The third-order valence-electron chi connectivity index (χ3n) is 2.20. The van der Waals surface area contributed by atoms with E-state index in [-0.39, 0.29) is 11.2 Å². The lowest BCUT2D eigenvalue weighted by Gasteiger charge is -2.12. The maximum Gasteiger partial charge on any atom is 0.184 e. The van der Waals surface area contributed by atoms with Crippen LogP contribution >= 0.6 is 0 Å². The van der Waals surface area contributed by atoms with Gasteiger partial charge in [-0.15, -0.1) is 0 Å². The van der Waals surface area contributed by atoms with E-state index in [0.29, 0.717) is 0 Å². The van der Waals surface area contributed by atoms with E-state index in [4.69, 9.17) is 0 Å². The minimum absolute atomic E-state index is 0.119. The summed E-state index contributed by atoms with van der Waals surface area (Å²) in [6.07, 6.45) is 5.89. The van der Waals surface area contributed by atoms with Gasteiger partial charge in [0.25, 0.3) is 0 Å². The summed E-state index contributed by atoms with van der Waals surface area (Å²) in [5, 5.41) is 0. The second-order valence-electron chi connectivity index (χ2n) is 4.68. The van der Waals surface area contributed by atoms with E-state index in [9.17, 15) is 4.79 Å². The lowest BCUT2D eigenvalue weighted by atomic mass is 9.92. The van der Waals surface area contributed by atoms with E-state index in [1.165, 1.54) is 0 Å². The minimum atomic E-state index is 0.119. The third-order valence-corrected chi connectivity index (χ3v) is 2.20. The first kappa shape index (κ1) is 10.2. The summed E-state index contributed by atoms with van der Waals surface area (Å²) in [5.74, 6) is 0.262. The third kappa shape index (κ3) is 2.55. The van der Waals surface area contributed by atoms with Gasteiger partial charge in [-0.2, -0.15) is 0 Å². The largest absolute Gasteiger partial charge is 0.289 e. The van der Waals surface area contributed by atoms with Crippen LogP contribution in [0.4, 0.5) is 0 Å². The SMILES string of the molecule is C/C=C1/CC/C(=C\C(C)(C)C)C1=O. The standard InChI is InChI=1S/C12H18O/c1-5-9-6-7-10(11(9)13)8-12(2,3)4/h5,8H,6-7H2,1-4H3/b9-5-,10-8+. The molecule has 0 amide bonds. The Hall–Kier alpha value is -0.850. The van der Waals surface area contributed by atoms with E-state index in [2.05, 4.69) is 26.8 Å². The average molecular weight is 178 g/mol. The molecule has 0 N–H and O–H groups in total. The fourth-order valence-corrected chi connectivity index (χ4v) is 1.64. The minimum Gasteiger partial charge on any atom is -0.289 e. The molecule has 1 saturated carbocycles. The zero-order valence-corrected chi connectivity index (χ0v) is 8.98. The summed E-state index contributed by atoms with van der Waals surface area (Å²) in [6.45, 7) is 8.32. The molecule has 13 heavy (non-hydrogen) atoms. The molecule has 0 aromatic carbocycles. The number of ketones is 1. The first-order chi connectivity index (χ1) is 5.94. The molecule has 1 aliphatic carbocycles. The van der Waals surface area contributed by atoms with Crippen molar-refractivity contribution in [2.75, 3.05) is 0 Å². The smallest absolute Gasteiger partial charge is 0.184 e. The van der Waals surface area contributed by atoms with Crippen molar-refractivity contribution >= 4 is 5.78 Å². The van der Waals surface area contributed by atoms with Crippen LogP contribution in [0.2, 0.25) is 0 Å². The molecule has 0 aromatic heterocycles. The lowest BCUT2D eigenvalue weighted by molar-refractivity contribution is -0.111. The molecular formula is C12H18O. The molecule has 0 bridgehead atoms. The van der Waals surface area contributed by atoms with Gasteiger partial charge in [0.2, 0.25) is 0 Å². The first-order valence-corrected chi connectivity index (χ1v) is 4.85. The number of hydrogen-bond donors (Lipinski definition) is 0. The molecule has 1 nitrogen and oxygen atoms in total. The van der Waals surface area contributed by atoms with Gasteiger partial charge in [0.05, 0.1) is 0 Å². The van der Waals surface area contributed by atoms with Gasteiger partial charge in [0.1, 0.15) is 0 Å². The Kier molecular flexibility index (Phi) is 2.74. The van der Waals surface area contributed by atoms with Gasteiger partial charge in [-0.25, -0.2) is 0 Å². The highest BCUT2D eigenvalue weighted by molar-refractivity contribution is 6.10. The van der Waals surface area contributed by atoms with Gasteiger partial charge in [-0.1, -0.05) is 32.9 Å². The van der Waals surface area contributed by atoms with Crippen molar-refractivity contribution in [1.29, 1.82) is 0 Å². The number of carbonyl (C=O) groups excluding carboxylic acids is 1. The summed E-state index contributed by atoms with van der Waals surface area (Å²) in [6, 6.07) is 0.